The van der Waals surface area contributed by atoms with Crippen molar-refractivity contribution in [1.82, 2.24) is 5.32 Å². The normalized spacial score (nSPS) is 31.3. The summed E-state index contributed by atoms with van der Waals surface area (Å²) in [5, 5.41) is 3.55. The van der Waals surface area contributed by atoms with Gasteiger partial charge in [-0.3, -0.25) is 0 Å². The Labute approximate surface area is 115 Å². The van der Waals surface area contributed by atoms with Gasteiger partial charge >= 0.3 is 0 Å². The molecule has 3 atom stereocenters. The molecule has 1 fully saturated rings. The third-order valence-electron chi connectivity index (χ3n) is 4.67. The minimum absolute atomic E-state index is 0.761. The average Bonchev–Trinajstić information content (AvgIpc) is 2.83. The Balaban J connectivity index is 1.70. The number of benzene rings is 1. The number of rotatable bonds is 3. The highest BCUT2D eigenvalue weighted by Crippen LogP contribution is 2.44. The number of hydrogen-bond acceptors (Lipinski definition) is 2. The maximum absolute atomic E-state index is 3.55. The van der Waals surface area contributed by atoms with Gasteiger partial charge in [0.2, 0.25) is 0 Å². The summed E-state index contributed by atoms with van der Waals surface area (Å²) in [6.07, 6.45) is 7.04. The standard InChI is InChI=1S/C16H23NS/c1-17-15-8-4-2-6-12(15)10-13-11-18-16-9-5-3-7-14(13)16/h3,5,7,9,12-13,15,17H,2,4,6,8,10-11H2,1H3. The van der Waals surface area contributed by atoms with Gasteiger partial charge in [0.25, 0.3) is 0 Å². The lowest BCUT2D eigenvalue weighted by molar-refractivity contribution is 0.250. The monoisotopic (exact) mass is 261 g/mol. The van der Waals surface area contributed by atoms with E-state index in [9.17, 15) is 0 Å². The van der Waals surface area contributed by atoms with Crippen LogP contribution in [0.5, 0.6) is 0 Å². The van der Waals surface area contributed by atoms with Crippen molar-refractivity contribution in [3.8, 4) is 0 Å². The topological polar surface area (TPSA) is 12.0 Å². The fourth-order valence-corrected chi connectivity index (χ4v) is 4.93. The first-order valence-corrected chi connectivity index (χ1v) is 8.26. The van der Waals surface area contributed by atoms with E-state index < -0.39 is 0 Å². The van der Waals surface area contributed by atoms with Crippen LogP contribution in [0, 0.1) is 5.92 Å². The van der Waals surface area contributed by atoms with Gasteiger partial charge in [-0.1, -0.05) is 31.0 Å². The van der Waals surface area contributed by atoms with Crippen molar-refractivity contribution >= 4 is 11.8 Å². The van der Waals surface area contributed by atoms with Gasteiger partial charge in [0.15, 0.2) is 0 Å². The molecule has 0 saturated heterocycles. The average molecular weight is 261 g/mol. The molecule has 0 amide bonds. The van der Waals surface area contributed by atoms with Crippen molar-refractivity contribution in [2.75, 3.05) is 12.8 Å². The van der Waals surface area contributed by atoms with Crippen LogP contribution in [0.2, 0.25) is 0 Å². The lowest BCUT2D eigenvalue weighted by Crippen LogP contribution is -2.36. The molecule has 3 rings (SSSR count). The van der Waals surface area contributed by atoms with E-state index in [2.05, 4.69) is 48.4 Å². The Bertz CT molecular complexity index is 404. The summed E-state index contributed by atoms with van der Waals surface area (Å²) >= 11 is 2.05. The molecule has 0 aromatic heterocycles. The maximum atomic E-state index is 3.55. The van der Waals surface area contributed by atoms with Crippen molar-refractivity contribution in [3.63, 3.8) is 0 Å². The molecule has 0 radical (unpaired) electrons. The summed E-state index contributed by atoms with van der Waals surface area (Å²) in [6, 6.07) is 9.77. The van der Waals surface area contributed by atoms with Crippen LogP contribution in [0.25, 0.3) is 0 Å². The fraction of sp³-hybridized carbons (Fsp3) is 0.625. The molecule has 1 aromatic carbocycles. The second-order valence-electron chi connectivity index (χ2n) is 5.72. The Morgan fingerprint density at radius 1 is 1.22 bits per heavy atom. The summed E-state index contributed by atoms with van der Waals surface area (Å²) < 4.78 is 0. The molecule has 1 aliphatic heterocycles. The SMILES string of the molecule is CNC1CCCCC1CC1CSc2ccccc21. The molecule has 2 aliphatic rings. The lowest BCUT2D eigenvalue weighted by atomic mass is 9.78. The summed E-state index contributed by atoms with van der Waals surface area (Å²) in [5.74, 6) is 2.98. The lowest BCUT2D eigenvalue weighted by Gasteiger charge is -2.33. The molecule has 0 bridgehead atoms. The van der Waals surface area contributed by atoms with Crippen molar-refractivity contribution in [2.45, 2.75) is 49.0 Å². The zero-order valence-corrected chi connectivity index (χ0v) is 12.0. The molecular formula is C16H23NS. The third kappa shape index (κ3) is 2.46. The van der Waals surface area contributed by atoms with Crippen LogP contribution < -0.4 is 5.32 Å². The Morgan fingerprint density at radius 3 is 2.94 bits per heavy atom. The molecule has 1 nitrogen and oxygen atoms in total. The first-order valence-electron chi connectivity index (χ1n) is 7.27. The van der Waals surface area contributed by atoms with Crippen LogP contribution in [0.3, 0.4) is 0 Å². The van der Waals surface area contributed by atoms with Gasteiger partial charge in [0.05, 0.1) is 0 Å². The summed E-state index contributed by atoms with van der Waals surface area (Å²) in [7, 11) is 2.14. The zero-order valence-electron chi connectivity index (χ0n) is 11.2. The van der Waals surface area contributed by atoms with E-state index >= 15 is 0 Å². The van der Waals surface area contributed by atoms with E-state index in [0.717, 1.165) is 17.9 Å². The zero-order chi connectivity index (χ0) is 12.4. The van der Waals surface area contributed by atoms with Gasteiger partial charge in [-0.25, -0.2) is 0 Å². The molecule has 1 heterocycles. The maximum Gasteiger partial charge on any atom is 0.0107 e. The molecule has 1 aliphatic carbocycles. The predicted octanol–water partition coefficient (Wildman–Crippen LogP) is 4.04. The largest absolute Gasteiger partial charge is 0.317 e. The minimum atomic E-state index is 0.761. The highest BCUT2D eigenvalue weighted by molar-refractivity contribution is 7.99. The first kappa shape index (κ1) is 12.6. The summed E-state index contributed by atoms with van der Waals surface area (Å²) in [5.41, 5.74) is 1.61. The predicted molar refractivity (Wildman–Crippen MR) is 79.3 cm³/mol. The molecule has 1 N–H and O–H groups in total. The molecule has 18 heavy (non-hydrogen) atoms. The van der Waals surface area contributed by atoms with E-state index in [0.29, 0.717) is 0 Å². The molecule has 2 heteroatoms. The summed E-state index contributed by atoms with van der Waals surface area (Å²) in [6.45, 7) is 0. The van der Waals surface area contributed by atoms with Crippen molar-refractivity contribution in [1.29, 1.82) is 0 Å². The first-order chi connectivity index (χ1) is 8.88. The number of nitrogens with one attached hydrogen (secondary N) is 1. The molecular weight excluding hydrogens is 238 g/mol. The second kappa shape index (κ2) is 5.66. The second-order valence-corrected chi connectivity index (χ2v) is 6.78. The van der Waals surface area contributed by atoms with Crippen LogP contribution in [-0.4, -0.2) is 18.8 Å². The van der Waals surface area contributed by atoms with E-state index in [1.807, 2.05) is 0 Å². The highest BCUT2D eigenvalue weighted by Gasteiger charge is 2.30. The Kier molecular flexibility index (Phi) is 3.95. The Hall–Kier alpha value is -0.470. The molecule has 3 unspecified atom stereocenters. The minimum Gasteiger partial charge on any atom is -0.317 e. The van der Waals surface area contributed by atoms with Gasteiger partial charge in [0, 0.05) is 16.7 Å². The fourth-order valence-electron chi connectivity index (χ4n) is 3.66. The molecule has 1 saturated carbocycles. The smallest absolute Gasteiger partial charge is 0.0107 e. The van der Waals surface area contributed by atoms with E-state index in [1.54, 1.807) is 5.56 Å². The molecule has 0 spiro atoms. The third-order valence-corrected chi connectivity index (χ3v) is 5.92. The van der Waals surface area contributed by atoms with Crippen LogP contribution in [0.15, 0.2) is 29.2 Å². The van der Waals surface area contributed by atoms with Gasteiger partial charge in [-0.2, -0.15) is 0 Å². The summed E-state index contributed by atoms with van der Waals surface area (Å²) in [4.78, 5) is 1.53. The van der Waals surface area contributed by atoms with Gasteiger partial charge in [-0.05, 0) is 49.8 Å². The Morgan fingerprint density at radius 2 is 2.06 bits per heavy atom. The number of hydrogen-bond donors (Lipinski definition) is 1. The van der Waals surface area contributed by atoms with Gasteiger partial charge in [-0.15, -0.1) is 11.8 Å². The van der Waals surface area contributed by atoms with Crippen molar-refractivity contribution < 1.29 is 0 Å². The van der Waals surface area contributed by atoms with E-state index in [-0.39, 0.29) is 0 Å². The van der Waals surface area contributed by atoms with Crippen LogP contribution in [-0.2, 0) is 0 Å². The van der Waals surface area contributed by atoms with Crippen molar-refractivity contribution in [2.24, 2.45) is 5.92 Å². The number of fused-ring (bicyclic) bond motifs is 1. The van der Waals surface area contributed by atoms with E-state index in [4.69, 9.17) is 0 Å². The number of thioether (sulfide) groups is 1. The van der Waals surface area contributed by atoms with Crippen LogP contribution in [0.1, 0.15) is 43.6 Å². The van der Waals surface area contributed by atoms with Crippen LogP contribution in [0.4, 0.5) is 0 Å². The quantitative estimate of drug-likeness (QED) is 0.881. The highest BCUT2D eigenvalue weighted by atomic mass is 32.2. The van der Waals surface area contributed by atoms with E-state index in [1.165, 1.54) is 42.8 Å². The van der Waals surface area contributed by atoms with Gasteiger partial charge in [0.1, 0.15) is 0 Å². The van der Waals surface area contributed by atoms with Gasteiger partial charge < -0.3 is 5.32 Å². The van der Waals surface area contributed by atoms with Crippen LogP contribution >= 0.6 is 11.8 Å². The van der Waals surface area contributed by atoms with Crippen molar-refractivity contribution in [3.05, 3.63) is 29.8 Å². The molecule has 1 aromatic rings. The molecule has 98 valence electrons.